The van der Waals surface area contributed by atoms with E-state index >= 15 is 0 Å². The van der Waals surface area contributed by atoms with Crippen LogP contribution in [0, 0.1) is 0 Å². The number of carboxylic acids is 1. The summed E-state index contributed by atoms with van der Waals surface area (Å²) in [5.74, 6) is -1.92. The molecular weight excluding hydrogens is 358 g/mol. The number of ether oxygens (including phenoxy) is 1. The molecule has 0 heterocycles. The van der Waals surface area contributed by atoms with Crippen molar-refractivity contribution in [1.29, 1.82) is 0 Å². The average Bonchev–Trinajstić information content (AvgIpc) is 2.71. The van der Waals surface area contributed by atoms with Gasteiger partial charge in [-0.15, -0.1) is 0 Å². The third-order valence-corrected chi connectivity index (χ3v) is 4.25. The van der Waals surface area contributed by atoms with Gasteiger partial charge in [0.2, 0.25) is 0 Å². The van der Waals surface area contributed by atoms with Crippen molar-refractivity contribution in [2.75, 3.05) is 6.54 Å². The van der Waals surface area contributed by atoms with Crippen molar-refractivity contribution in [1.82, 2.24) is 5.32 Å². The zero-order valence-electron chi connectivity index (χ0n) is 15.1. The predicted molar refractivity (Wildman–Crippen MR) is 105 cm³/mol. The number of hydrogen-bond donors (Lipinski definition) is 2. The minimum atomic E-state index is -1.47. The van der Waals surface area contributed by atoms with Crippen LogP contribution in [0.5, 0.6) is 5.75 Å². The van der Waals surface area contributed by atoms with Crippen molar-refractivity contribution < 1.29 is 24.2 Å². The van der Waals surface area contributed by atoms with Crippen LogP contribution < -0.4 is 10.1 Å². The lowest BCUT2D eigenvalue weighted by molar-refractivity contribution is -0.131. The number of rotatable bonds is 7. The first-order valence-corrected chi connectivity index (χ1v) is 8.84. The summed E-state index contributed by atoms with van der Waals surface area (Å²) < 4.78 is 5.30. The number of ketones is 1. The Kier molecular flexibility index (Phi) is 6.01. The van der Waals surface area contributed by atoms with E-state index in [1.54, 1.807) is 18.2 Å². The molecule has 0 unspecified atom stereocenters. The number of aryl methyl sites for hydroxylation is 1. The molecule has 6 nitrogen and oxygen atoms in total. The number of Topliss-reactive ketones (excluding diaryl/α,β-unsaturated/α-hetero) is 1. The summed E-state index contributed by atoms with van der Waals surface area (Å²) in [7, 11) is 0. The van der Waals surface area contributed by atoms with Crippen LogP contribution in [0.1, 0.15) is 22.3 Å². The van der Waals surface area contributed by atoms with Crippen molar-refractivity contribution in [3.63, 3.8) is 0 Å². The average molecular weight is 377 g/mol. The van der Waals surface area contributed by atoms with E-state index < -0.39 is 17.8 Å². The summed E-state index contributed by atoms with van der Waals surface area (Å²) >= 11 is 0. The molecule has 0 atom stereocenters. The van der Waals surface area contributed by atoms with E-state index in [1.807, 2.05) is 36.4 Å². The standard InChI is InChI=1S/C22H19NO5/c24-20(21(25)26)17-9-7-15(8-10-17)4-3-13-23-22(27)28-19-12-11-16-5-1-2-6-18(16)14-19/h1-2,5-12,14H,3-4,13H2,(H,23,27)(H,25,26). The molecule has 0 saturated carbocycles. The second-order valence-corrected chi connectivity index (χ2v) is 6.26. The van der Waals surface area contributed by atoms with Crippen LogP contribution in [0.3, 0.4) is 0 Å². The van der Waals surface area contributed by atoms with Gasteiger partial charge in [-0.1, -0.05) is 54.6 Å². The maximum absolute atomic E-state index is 11.9. The largest absolute Gasteiger partial charge is 0.475 e. The van der Waals surface area contributed by atoms with Crippen molar-refractivity contribution in [3.8, 4) is 5.75 Å². The van der Waals surface area contributed by atoms with Gasteiger partial charge in [-0.2, -0.15) is 0 Å². The Hall–Kier alpha value is -3.67. The van der Waals surface area contributed by atoms with Crippen LogP contribution in [0.2, 0.25) is 0 Å². The molecule has 3 rings (SSSR count). The quantitative estimate of drug-likeness (QED) is 0.371. The smallest absolute Gasteiger partial charge is 0.412 e. The van der Waals surface area contributed by atoms with E-state index in [0.717, 1.165) is 16.3 Å². The molecule has 3 aromatic rings. The Morgan fingerprint density at radius 3 is 2.32 bits per heavy atom. The second kappa shape index (κ2) is 8.81. The third-order valence-electron chi connectivity index (χ3n) is 4.25. The molecule has 28 heavy (non-hydrogen) atoms. The molecule has 0 radical (unpaired) electrons. The van der Waals surface area contributed by atoms with E-state index in [2.05, 4.69) is 5.32 Å². The lowest BCUT2D eigenvalue weighted by Crippen LogP contribution is -2.28. The van der Waals surface area contributed by atoms with Gasteiger partial charge >= 0.3 is 12.1 Å². The molecule has 0 fully saturated rings. The number of fused-ring (bicyclic) bond motifs is 1. The highest BCUT2D eigenvalue weighted by atomic mass is 16.6. The Bertz CT molecular complexity index is 1010. The van der Waals surface area contributed by atoms with Crippen LogP contribution in [0.15, 0.2) is 66.7 Å². The number of hydrogen-bond acceptors (Lipinski definition) is 4. The minimum Gasteiger partial charge on any atom is -0.475 e. The first-order valence-electron chi connectivity index (χ1n) is 8.84. The SMILES string of the molecule is O=C(NCCCc1ccc(C(=O)C(=O)O)cc1)Oc1ccc2ccccc2c1. The molecule has 0 aliphatic heterocycles. The van der Waals surface area contributed by atoms with Crippen LogP contribution in [-0.4, -0.2) is 29.5 Å². The fourth-order valence-electron chi connectivity index (χ4n) is 2.80. The maximum atomic E-state index is 11.9. The number of aliphatic carboxylic acids is 1. The summed E-state index contributed by atoms with van der Waals surface area (Å²) in [6, 6.07) is 19.7. The zero-order chi connectivity index (χ0) is 19.9. The fourth-order valence-corrected chi connectivity index (χ4v) is 2.80. The number of benzene rings is 3. The highest BCUT2D eigenvalue weighted by Gasteiger charge is 2.13. The van der Waals surface area contributed by atoms with Crippen LogP contribution >= 0.6 is 0 Å². The fraction of sp³-hybridized carbons (Fsp3) is 0.136. The summed E-state index contributed by atoms with van der Waals surface area (Å²) in [5, 5.41) is 13.5. The molecule has 0 bridgehead atoms. The second-order valence-electron chi connectivity index (χ2n) is 6.26. The van der Waals surface area contributed by atoms with Crippen molar-refractivity contribution in [3.05, 3.63) is 77.9 Å². The van der Waals surface area contributed by atoms with Gasteiger partial charge in [0, 0.05) is 12.1 Å². The predicted octanol–water partition coefficient (Wildman–Crippen LogP) is 3.83. The summed E-state index contributed by atoms with van der Waals surface area (Å²) in [6.45, 7) is 0.433. The van der Waals surface area contributed by atoms with E-state index in [-0.39, 0.29) is 5.56 Å². The van der Waals surface area contributed by atoms with Crippen LogP contribution in [0.4, 0.5) is 4.79 Å². The molecule has 0 aliphatic rings. The van der Waals surface area contributed by atoms with E-state index in [4.69, 9.17) is 9.84 Å². The number of carbonyl (C=O) groups is 3. The van der Waals surface area contributed by atoms with Gasteiger partial charge in [-0.05, 0) is 41.3 Å². The normalized spacial score (nSPS) is 10.4. The summed E-state index contributed by atoms with van der Waals surface area (Å²) in [5.41, 5.74) is 1.10. The number of carboxylic acid groups (broad SMARTS) is 1. The first-order chi connectivity index (χ1) is 13.5. The lowest BCUT2D eigenvalue weighted by atomic mass is 10.1. The summed E-state index contributed by atoms with van der Waals surface area (Å²) in [4.78, 5) is 33.9. The van der Waals surface area contributed by atoms with Crippen molar-refractivity contribution in [2.45, 2.75) is 12.8 Å². The summed E-state index contributed by atoms with van der Waals surface area (Å²) in [6.07, 6.45) is 0.842. The van der Waals surface area contributed by atoms with Crippen LogP contribution in [-0.2, 0) is 11.2 Å². The Balaban J connectivity index is 1.43. The van der Waals surface area contributed by atoms with E-state index in [9.17, 15) is 14.4 Å². The Morgan fingerprint density at radius 1 is 0.893 bits per heavy atom. The molecule has 0 aliphatic carbocycles. The number of carbonyl (C=O) groups excluding carboxylic acids is 2. The van der Waals surface area contributed by atoms with Crippen molar-refractivity contribution in [2.24, 2.45) is 0 Å². The molecule has 2 N–H and O–H groups in total. The van der Waals surface area contributed by atoms with E-state index in [1.165, 1.54) is 12.1 Å². The number of nitrogens with one attached hydrogen (secondary N) is 1. The molecule has 3 aromatic carbocycles. The van der Waals surface area contributed by atoms with Crippen molar-refractivity contribution >= 4 is 28.6 Å². The van der Waals surface area contributed by atoms with Gasteiger partial charge in [0.25, 0.3) is 5.78 Å². The van der Waals surface area contributed by atoms with Gasteiger partial charge in [0.05, 0.1) is 0 Å². The Morgan fingerprint density at radius 2 is 1.61 bits per heavy atom. The minimum absolute atomic E-state index is 0.147. The first kappa shape index (κ1) is 19.1. The van der Waals surface area contributed by atoms with Gasteiger partial charge in [0.15, 0.2) is 0 Å². The highest BCUT2D eigenvalue weighted by Crippen LogP contribution is 2.20. The topological polar surface area (TPSA) is 92.7 Å². The van der Waals surface area contributed by atoms with Gasteiger partial charge < -0.3 is 15.2 Å². The molecule has 0 spiro atoms. The molecular formula is C22H19NO5. The van der Waals surface area contributed by atoms with Gasteiger partial charge in [0.1, 0.15) is 5.75 Å². The molecule has 6 heteroatoms. The molecule has 0 aromatic heterocycles. The highest BCUT2D eigenvalue weighted by molar-refractivity contribution is 6.39. The van der Waals surface area contributed by atoms with Gasteiger partial charge in [-0.25, -0.2) is 9.59 Å². The Labute approximate surface area is 161 Å². The zero-order valence-corrected chi connectivity index (χ0v) is 15.1. The van der Waals surface area contributed by atoms with Crippen LogP contribution in [0.25, 0.3) is 10.8 Å². The molecule has 1 amide bonds. The maximum Gasteiger partial charge on any atom is 0.412 e. The lowest BCUT2D eigenvalue weighted by Gasteiger charge is -2.08. The molecule has 142 valence electrons. The molecule has 0 saturated heterocycles. The number of amides is 1. The van der Waals surface area contributed by atoms with Gasteiger partial charge in [-0.3, -0.25) is 4.79 Å². The monoisotopic (exact) mass is 377 g/mol. The van der Waals surface area contributed by atoms with E-state index in [0.29, 0.717) is 25.1 Å². The third kappa shape index (κ3) is 4.94.